The predicted octanol–water partition coefficient (Wildman–Crippen LogP) is 1.74. The molecule has 0 aliphatic carbocycles. The molecule has 1 rings (SSSR count). The van der Waals surface area contributed by atoms with E-state index in [0.717, 1.165) is 12.3 Å². The van der Waals surface area contributed by atoms with Crippen molar-refractivity contribution in [3.8, 4) is 0 Å². The van der Waals surface area contributed by atoms with Crippen LogP contribution in [-0.4, -0.2) is 36.3 Å². The minimum absolute atomic E-state index is 1.11. The fraction of sp³-hybridized carbons (Fsp3) is 0.444. The summed E-state index contributed by atoms with van der Waals surface area (Å²) in [6.07, 6.45) is 3.70. The largest absolute Gasteiger partial charge is 0.309 e. The molecule has 0 spiro atoms. The van der Waals surface area contributed by atoms with E-state index in [1.54, 1.807) is 6.20 Å². The minimum Gasteiger partial charge on any atom is -0.309 e. The van der Waals surface area contributed by atoms with Gasteiger partial charge in [0.15, 0.2) is 0 Å². The average Bonchev–Trinajstić information content (AvgIpc) is 2.05. The monoisotopic (exact) mass is 182 g/mol. The van der Waals surface area contributed by atoms with E-state index >= 15 is 0 Å². The summed E-state index contributed by atoms with van der Waals surface area (Å²) >= 11 is 1.84. The average molecular weight is 182 g/mol. The molecule has 0 atom stereocenters. The van der Waals surface area contributed by atoms with E-state index in [1.165, 1.54) is 4.90 Å². The second kappa shape index (κ2) is 5.17. The topological polar surface area (TPSA) is 16.1 Å². The zero-order valence-electron chi connectivity index (χ0n) is 7.53. The molecule has 0 radical (unpaired) electrons. The summed E-state index contributed by atoms with van der Waals surface area (Å²) in [7, 11) is 4.17. The van der Waals surface area contributed by atoms with Crippen molar-refractivity contribution < 1.29 is 0 Å². The Bertz CT molecular complexity index is 211. The smallest absolute Gasteiger partial charge is 0.0403 e. The third-order valence-electron chi connectivity index (χ3n) is 1.44. The lowest BCUT2D eigenvalue weighted by molar-refractivity contribution is 0.437. The molecule has 0 bridgehead atoms. The summed E-state index contributed by atoms with van der Waals surface area (Å²) in [5.74, 6) is 1.12. The lowest BCUT2D eigenvalue weighted by atomic mass is 10.5. The minimum atomic E-state index is 1.11. The van der Waals surface area contributed by atoms with Crippen LogP contribution in [0.2, 0.25) is 0 Å². The van der Waals surface area contributed by atoms with Crippen molar-refractivity contribution >= 4 is 11.8 Å². The van der Waals surface area contributed by atoms with E-state index in [4.69, 9.17) is 0 Å². The highest BCUT2D eigenvalue weighted by Gasteiger charge is 1.93. The van der Waals surface area contributed by atoms with Crippen molar-refractivity contribution in [1.82, 2.24) is 9.88 Å². The van der Waals surface area contributed by atoms with Crippen LogP contribution in [0.1, 0.15) is 0 Å². The van der Waals surface area contributed by atoms with Gasteiger partial charge in [0.1, 0.15) is 0 Å². The number of hydrogen-bond donors (Lipinski definition) is 0. The van der Waals surface area contributed by atoms with E-state index < -0.39 is 0 Å². The van der Waals surface area contributed by atoms with Gasteiger partial charge in [0.05, 0.1) is 0 Å². The number of thioether (sulfide) groups is 1. The molecular weight excluding hydrogens is 168 g/mol. The van der Waals surface area contributed by atoms with Crippen LogP contribution in [-0.2, 0) is 0 Å². The molecule has 2 nitrogen and oxygen atoms in total. The van der Waals surface area contributed by atoms with Crippen LogP contribution in [0.15, 0.2) is 29.4 Å². The SMILES string of the molecule is CN(C)CCSc1cccnc1. The molecule has 66 valence electrons. The summed E-state index contributed by atoms with van der Waals surface area (Å²) in [5.41, 5.74) is 0. The van der Waals surface area contributed by atoms with Gasteiger partial charge in [-0.1, -0.05) is 0 Å². The molecule has 0 aliphatic rings. The van der Waals surface area contributed by atoms with Gasteiger partial charge in [-0.05, 0) is 26.2 Å². The van der Waals surface area contributed by atoms with Crippen molar-refractivity contribution in [3.05, 3.63) is 24.5 Å². The number of pyridine rings is 1. The normalized spacial score (nSPS) is 10.6. The van der Waals surface area contributed by atoms with Crippen molar-refractivity contribution in [1.29, 1.82) is 0 Å². The Morgan fingerprint density at radius 1 is 1.50 bits per heavy atom. The van der Waals surface area contributed by atoms with E-state index in [2.05, 4.69) is 30.0 Å². The quantitative estimate of drug-likeness (QED) is 0.660. The van der Waals surface area contributed by atoms with Gasteiger partial charge >= 0.3 is 0 Å². The van der Waals surface area contributed by atoms with Crippen LogP contribution in [0.25, 0.3) is 0 Å². The molecule has 0 amide bonds. The zero-order chi connectivity index (χ0) is 8.81. The maximum absolute atomic E-state index is 4.05. The Hall–Kier alpha value is -0.540. The fourth-order valence-electron chi connectivity index (χ4n) is 0.779. The Morgan fingerprint density at radius 3 is 2.92 bits per heavy atom. The van der Waals surface area contributed by atoms with Crippen LogP contribution in [0.5, 0.6) is 0 Å². The number of rotatable bonds is 4. The molecule has 0 N–H and O–H groups in total. The fourth-order valence-corrected chi connectivity index (χ4v) is 1.78. The Balaban J connectivity index is 2.25. The van der Waals surface area contributed by atoms with Gasteiger partial charge in [-0.3, -0.25) is 4.98 Å². The summed E-state index contributed by atoms with van der Waals surface area (Å²) in [4.78, 5) is 7.48. The molecule has 12 heavy (non-hydrogen) atoms. The van der Waals surface area contributed by atoms with Crippen LogP contribution >= 0.6 is 11.8 Å². The first-order valence-electron chi connectivity index (χ1n) is 3.96. The molecular formula is C9H14N2S. The van der Waals surface area contributed by atoms with E-state index in [1.807, 2.05) is 24.0 Å². The molecule has 1 aromatic heterocycles. The molecule has 3 heteroatoms. The number of hydrogen-bond acceptors (Lipinski definition) is 3. The highest BCUT2D eigenvalue weighted by molar-refractivity contribution is 7.99. The molecule has 1 aromatic rings. The van der Waals surface area contributed by atoms with Crippen molar-refractivity contribution in [2.75, 3.05) is 26.4 Å². The Labute approximate surface area is 78.0 Å². The van der Waals surface area contributed by atoms with E-state index in [-0.39, 0.29) is 0 Å². The molecule has 0 aromatic carbocycles. The van der Waals surface area contributed by atoms with Crippen molar-refractivity contribution in [3.63, 3.8) is 0 Å². The second-order valence-corrected chi connectivity index (χ2v) is 4.01. The highest BCUT2D eigenvalue weighted by atomic mass is 32.2. The van der Waals surface area contributed by atoms with Gasteiger partial charge in [-0.2, -0.15) is 0 Å². The number of aromatic nitrogens is 1. The lowest BCUT2D eigenvalue weighted by Crippen LogP contribution is -2.14. The molecule has 0 saturated carbocycles. The summed E-state index contributed by atoms with van der Waals surface area (Å²) < 4.78 is 0. The van der Waals surface area contributed by atoms with Crippen LogP contribution in [0.4, 0.5) is 0 Å². The Kier molecular flexibility index (Phi) is 4.11. The van der Waals surface area contributed by atoms with Gasteiger partial charge < -0.3 is 4.90 Å². The third kappa shape index (κ3) is 3.74. The molecule has 1 heterocycles. The molecule has 0 saturated heterocycles. The summed E-state index contributed by atoms with van der Waals surface area (Å²) in [5, 5.41) is 0. The highest BCUT2D eigenvalue weighted by Crippen LogP contribution is 2.14. The van der Waals surface area contributed by atoms with E-state index in [9.17, 15) is 0 Å². The first-order chi connectivity index (χ1) is 5.79. The lowest BCUT2D eigenvalue weighted by Gasteiger charge is -2.07. The van der Waals surface area contributed by atoms with Gasteiger partial charge in [0.2, 0.25) is 0 Å². The van der Waals surface area contributed by atoms with Crippen LogP contribution < -0.4 is 0 Å². The summed E-state index contributed by atoms with van der Waals surface area (Å²) in [6.45, 7) is 1.11. The van der Waals surface area contributed by atoms with Crippen molar-refractivity contribution in [2.45, 2.75) is 4.90 Å². The number of nitrogens with zero attached hydrogens (tertiary/aromatic N) is 2. The van der Waals surface area contributed by atoms with Gasteiger partial charge in [-0.25, -0.2) is 0 Å². The third-order valence-corrected chi connectivity index (χ3v) is 2.40. The molecule has 0 unspecified atom stereocenters. The molecule has 0 fully saturated rings. The zero-order valence-corrected chi connectivity index (χ0v) is 8.34. The first kappa shape index (κ1) is 9.55. The maximum atomic E-state index is 4.05. The van der Waals surface area contributed by atoms with Crippen LogP contribution in [0.3, 0.4) is 0 Å². The standard InChI is InChI=1S/C9H14N2S/c1-11(2)6-7-12-9-4-3-5-10-8-9/h3-5,8H,6-7H2,1-2H3. The van der Waals surface area contributed by atoms with Gasteiger partial charge in [-0.15, -0.1) is 11.8 Å². The first-order valence-corrected chi connectivity index (χ1v) is 4.95. The molecule has 0 aliphatic heterocycles. The van der Waals surface area contributed by atoms with Gasteiger partial charge in [0.25, 0.3) is 0 Å². The van der Waals surface area contributed by atoms with Crippen molar-refractivity contribution in [2.24, 2.45) is 0 Å². The van der Waals surface area contributed by atoms with Crippen LogP contribution in [0, 0.1) is 0 Å². The van der Waals surface area contributed by atoms with Gasteiger partial charge in [0, 0.05) is 29.6 Å². The second-order valence-electron chi connectivity index (χ2n) is 2.84. The van der Waals surface area contributed by atoms with E-state index in [0.29, 0.717) is 0 Å². The summed E-state index contributed by atoms with van der Waals surface area (Å²) in [6, 6.07) is 4.06. The maximum Gasteiger partial charge on any atom is 0.0403 e. The Morgan fingerprint density at radius 2 is 2.33 bits per heavy atom. The predicted molar refractivity (Wildman–Crippen MR) is 53.5 cm³/mol.